The van der Waals surface area contributed by atoms with E-state index in [0.717, 1.165) is 58.3 Å². The molecule has 17 heavy (non-hydrogen) atoms. The summed E-state index contributed by atoms with van der Waals surface area (Å²) in [6, 6.07) is 1.45. The highest BCUT2D eigenvalue weighted by molar-refractivity contribution is 4.96. The second-order valence-electron chi connectivity index (χ2n) is 5.62. The summed E-state index contributed by atoms with van der Waals surface area (Å²) in [5.41, 5.74) is 0.0491. The first-order valence-electron chi connectivity index (χ1n) is 7.01. The highest BCUT2D eigenvalue weighted by Gasteiger charge is 2.43. The zero-order valence-electron chi connectivity index (χ0n) is 10.8. The first-order chi connectivity index (χ1) is 8.33. The lowest BCUT2D eigenvalue weighted by atomic mass is 9.88. The molecule has 0 aromatic carbocycles. The Morgan fingerprint density at radius 3 is 2.76 bits per heavy atom. The average Bonchev–Trinajstić information content (AvgIpc) is 2.71. The van der Waals surface area contributed by atoms with Gasteiger partial charge in [0.1, 0.15) is 0 Å². The van der Waals surface area contributed by atoms with Gasteiger partial charge in [-0.25, -0.2) is 0 Å². The van der Waals surface area contributed by atoms with Gasteiger partial charge in [0.2, 0.25) is 0 Å². The van der Waals surface area contributed by atoms with Crippen molar-refractivity contribution in [2.75, 3.05) is 39.5 Å². The first kappa shape index (κ1) is 11.9. The normalized spacial score (nSPS) is 38.8. The van der Waals surface area contributed by atoms with E-state index in [2.05, 4.69) is 17.1 Å². The Morgan fingerprint density at radius 1 is 1.29 bits per heavy atom. The Balaban J connectivity index is 1.65. The van der Waals surface area contributed by atoms with Crippen molar-refractivity contribution in [3.63, 3.8) is 0 Å². The van der Waals surface area contributed by atoms with E-state index in [4.69, 9.17) is 9.47 Å². The molecule has 0 amide bonds. The van der Waals surface area contributed by atoms with Crippen LogP contribution in [0.15, 0.2) is 0 Å². The molecule has 98 valence electrons. The minimum atomic E-state index is 0.0491. The van der Waals surface area contributed by atoms with Crippen LogP contribution < -0.4 is 5.32 Å². The van der Waals surface area contributed by atoms with Crippen LogP contribution in [0.4, 0.5) is 0 Å². The number of nitrogens with zero attached hydrogens (tertiary/aromatic N) is 1. The maximum Gasteiger partial charge on any atom is 0.0951 e. The SMILES string of the molecule is CCN(C1CNC1)C1CCOC2(CCOC2)C1. The van der Waals surface area contributed by atoms with Gasteiger partial charge in [-0.3, -0.25) is 4.90 Å². The molecule has 1 spiro atoms. The van der Waals surface area contributed by atoms with Gasteiger partial charge in [0.05, 0.1) is 12.2 Å². The number of ether oxygens (including phenoxy) is 2. The Hall–Kier alpha value is -0.160. The van der Waals surface area contributed by atoms with Crippen LogP contribution in [0, 0.1) is 0 Å². The van der Waals surface area contributed by atoms with E-state index < -0.39 is 0 Å². The van der Waals surface area contributed by atoms with Crippen LogP contribution >= 0.6 is 0 Å². The maximum absolute atomic E-state index is 6.02. The van der Waals surface area contributed by atoms with Gasteiger partial charge in [-0.15, -0.1) is 0 Å². The lowest BCUT2D eigenvalue weighted by molar-refractivity contribution is -0.112. The third-order valence-electron chi connectivity index (χ3n) is 4.60. The summed E-state index contributed by atoms with van der Waals surface area (Å²) in [6.07, 6.45) is 3.44. The molecule has 4 heteroatoms. The molecule has 0 radical (unpaired) electrons. The van der Waals surface area contributed by atoms with Crippen molar-refractivity contribution in [3.8, 4) is 0 Å². The topological polar surface area (TPSA) is 33.7 Å². The summed E-state index contributed by atoms with van der Waals surface area (Å²) >= 11 is 0. The maximum atomic E-state index is 6.02. The molecule has 3 fully saturated rings. The summed E-state index contributed by atoms with van der Waals surface area (Å²) < 4.78 is 11.6. The number of nitrogens with one attached hydrogen (secondary N) is 1. The van der Waals surface area contributed by atoms with Gasteiger partial charge in [0, 0.05) is 44.8 Å². The van der Waals surface area contributed by atoms with Gasteiger partial charge in [0.25, 0.3) is 0 Å². The Kier molecular flexibility index (Phi) is 3.39. The van der Waals surface area contributed by atoms with Crippen molar-refractivity contribution in [1.29, 1.82) is 0 Å². The number of hydrogen-bond acceptors (Lipinski definition) is 4. The summed E-state index contributed by atoms with van der Waals surface area (Å²) in [6.45, 7) is 8.36. The van der Waals surface area contributed by atoms with Crippen LogP contribution in [0.1, 0.15) is 26.2 Å². The third-order valence-corrected chi connectivity index (χ3v) is 4.60. The van der Waals surface area contributed by atoms with Gasteiger partial charge in [-0.05, 0) is 19.4 Å². The van der Waals surface area contributed by atoms with Crippen LogP contribution in [0.3, 0.4) is 0 Å². The van der Waals surface area contributed by atoms with Crippen LogP contribution in [0.25, 0.3) is 0 Å². The summed E-state index contributed by atoms with van der Waals surface area (Å²) in [5, 5.41) is 3.38. The molecule has 3 heterocycles. The molecule has 2 atom stereocenters. The smallest absolute Gasteiger partial charge is 0.0951 e. The quantitative estimate of drug-likeness (QED) is 0.784. The standard InChI is InChI=1S/C13H24N2O2/c1-2-15(12-8-14-9-12)11-3-5-17-13(7-11)4-6-16-10-13/h11-12,14H,2-10H2,1H3. The lowest BCUT2D eigenvalue weighted by Gasteiger charge is -2.47. The molecule has 3 aliphatic rings. The highest BCUT2D eigenvalue weighted by atomic mass is 16.6. The molecule has 2 unspecified atom stereocenters. The van der Waals surface area contributed by atoms with Crippen LogP contribution in [0.5, 0.6) is 0 Å². The van der Waals surface area contributed by atoms with E-state index in [1.54, 1.807) is 0 Å². The van der Waals surface area contributed by atoms with Gasteiger partial charge in [-0.2, -0.15) is 0 Å². The summed E-state index contributed by atoms with van der Waals surface area (Å²) in [7, 11) is 0. The van der Waals surface area contributed by atoms with Gasteiger partial charge >= 0.3 is 0 Å². The minimum Gasteiger partial charge on any atom is -0.378 e. The number of rotatable bonds is 3. The van der Waals surface area contributed by atoms with Crippen molar-refractivity contribution in [1.82, 2.24) is 10.2 Å². The molecule has 3 saturated heterocycles. The fraction of sp³-hybridized carbons (Fsp3) is 1.00. The average molecular weight is 240 g/mol. The van der Waals surface area contributed by atoms with E-state index >= 15 is 0 Å². The molecule has 0 aromatic rings. The van der Waals surface area contributed by atoms with Gasteiger partial charge in [0.15, 0.2) is 0 Å². The largest absolute Gasteiger partial charge is 0.378 e. The molecule has 0 aliphatic carbocycles. The fourth-order valence-electron chi connectivity index (χ4n) is 3.47. The second-order valence-corrected chi connectivity index (χ2v) is 5.62. The van der Waals surface area contributed by atoms with E-state index in [0.29, 0.717) is 6.04 Å². The molecule has 0 saturated carbocycles. The fourth-order valence-corrected chi connectivity index (χ4v) is 3.47. The van der Waals surface area contributed by atoms with Gasteiger partial charge < -0.3 is 14.8 Å². The van der Waals surface area contributed by atoms with Crippen molar-refractivity contribution < 1.29 is 9.47 Å². The molecular weight excluding hydrogens is 216 g/mol. The van der Waals surface area contributed by atoms with E-state index in [1.807, 2.05) is 0 Å². The lowest BCUT2D eigenvalue weighted by Crippen LogP contribution is -2.62. The Morgan fingerprint density at radius 2 is 2.18 bits per heavy atom. The second kappa shape index (κ2) is 4.84. The third kappa shape index (κ3) is 2.24. The zero-order chi connectivity index (χ0) is 11.7. The summed E-state index contributed by atoms with van der Waals surface area (Å²) in [4.78, 5) is 2.68. The molecule has 3 rings (SSSR count). The molecular formula is C13H24N2O2. The predicted molar refractivity (Wildman–Crippen MR) is 66.2 cm³/mol. The molecule has 3 aliphatic heterocycles. The van der Waals surface area contributed by atoms with Crippen LogP contribution in [-0.2, 0) is 9.47 Å². The number of hydrogen-bond donors (Lipinski definition) is 1. The Labute approximate surface area is 104 Å². The monoisotopic (exact) mass is 240 g/mol. The van der Waals surface area contributed by atoms with Crippen molar-refractivity contribution in [3.05, 3.63) is 0 Å². The van der Waals surface area contributed by atoms with Crippen LogP contribution in [0.2, 0.25) is 0 Å². The van der Waals surface area contributed by atoms with Crippen LogP contribution in [-0.4, -0.2) is 62.0 Å². The van der Waals surface area contributed by atoms with E-state index in [9.17, 15) is 0 Å². The molecule has 1 N–H and O–H groups in total. The first-order valence-corrected chi connectivity index (χ1v) is 7.01. The van der Waals surface area contributed by atoms with Crippen molar-refractivity contribution >= 4 is 0 Å². The predicted octanol–water partition coefficient (Wildman–Crippen LogP) is 0.618. The minimum absolute atomic E-state index is 0.0491. The zero-order valence-corrected chi connectivity index (χ0v) is 10.8. The van der Waals surface area contributed by atoms with Crippen molar-refractivity contribution in [2.24, 2.45) is 0 Å². The molecule has 0 bridgehead atoms. The van der Waals surface area contributed by atoms with Crippen molar-refractivity contribution in [2.45, 2.75) is 43.9 Å². The summed E-state index contributed by atoms with van der Waals surface area (Å²) in [5.74, 6) is 0. The van der Waals surface area contributed by atoms with E-state index in [1.165, 1.54) is 6.42 Å². The van der Waals surface area contributed by atoms with Gasteiger partial charge in [-0.1, -0.05) is 6.92 Å². The molecule has 0 aromatic heterocycles. The van der Waals surface area contributed by atoms with E-state index in [-0.39, 0.29) is 5.60 Å². The molecule has 4 nitrogen and oxygen atoms in total. The Bertz CT molecular complexity index is 262. The number of likely N-dealkylation sites (N-methyl/N-ethyl adjacent to an activating group) is 1. The highest BCUT2D eigenvalue weighted by Crippen LogP contribution is 2.35.